The molecule has 0 spiro atoms. The van der Waals surface area contributed by atoms with E-state index in [1.165, 1.54) is 25.3 Å². The fraction of sp³-hybridized carbons (Fsp3) is 0.588. The third-order valence-corrected chi connectivity index (χ3v) is 4.54. The number of nitro groups is 1. The molecule has 1 amide bonds. The molecule has 2 N–H and O–H groups in total. The summed E-state index contributed by atoms with van der Waals surface area (Å²) in [6.07, 6.45) is 3.91. The van der Waals surface area contributed by atoms with E-state index in [1.807, 2.05) is 7.05 Å². The Kier molecular flexibility index (Phi) is 9.41. The highest BCUT2D eigenvalue weighted by Gasteiger charge is 2.20. The third kappa shape index (κ3) is 6.97. The quantitative estimate of drug-likeness (QED) is 0.542. The maximum atomic E-state index is 12.1. The van der Waals surface area contributed by atoms with Crippen molar-refractivity contribution < 1.29 is 9.72 Å². The van der Waals surface area contributed by atoms with Crippen molar-refractivity contribution in [1.82, 2.24) is 10.2 Å². The van der Waals surface area contributed by atoms with Crippen LogP contribution < -0.4 is 10.6 Å². The lowest BCUT2D eigenvalue weighted by Crippen LogP contribution is -2.36. The van der Waals surface area contributed by atoms with Gasteiger partial charge in [-0.2, -0.15) is 0 Å². The summed E-state index contributed by atoms with van der Waals surface area (Å²) in [6, 6.07) is 6.22. The van der Waals surface area contributed by atoms with Crippen LogP contribution in [-0.2, 0) is 4.79 Å². The lowest BCUT2D eigenvalue weighted by Gasteiger charge is -2.31. The summed E-state index contributed by atoms with van der Waals surface area (Å²) >= 11 is 0. The number of benzene rings is 1. The molecule has 8 heteroatoms. The number of carbonyl (C=O) groups excluding carboxylic acids is 1. The molecule has 0 aromatic heterocycles. The average Bonchev–Trinajstić information content (AvgIpc) is 2.59. The van der Waals surface area contributed by atoms with Crippen molar-refractivity contribution in [2.24, 2.45) is 5.92 Å². The van der Waals surface area contributed by atoms with Gasteiger partial charge in [0.05, 0.1) is 4.92 Å². The Labute approximate surface area is 154 Å². The summed E-state index contributed by atoms with van der Waals surface area (Å²) < 4.78 is 0. The minimum Gasteiger partial charge on any atom is -0.320 e. The number of nitrogens with one attached hydrogen (secondary N) is 2. The molecule has 0 atom stereocenters. The average molecular weight is 371 g/mol. The molecule has 1 aromatic rings. The normalized spacial score (nSPS) is 15.4. The maximum absolute atomic E-state index is 12.1. The number of hydrogen-bond acceptors (Lipinski definition) is 5. The van der Waals surface area contributed by atoms with Crippen LogP contribution in [0.2, 0.25) is 0 Å². The zero-order chi connectivity index (χ0) is 17.4. The number of piperidine rings is 1. The van der Waals surface area contributed by atoms with E-state index in [2.05, 4.69) is 15.5 Å². The predicted molar refractivity (Wildman–Crippen MR) is 101 cm³/mol. The molecule has 7 nitrogen and oxygen atoms in total. The number of nitrogens with zero attached hydrogens (tertiary/aromatic N) is 2. The van der Waals surface area contributed by atoms with Crippen molar-refractivity contribution in [2.45, 2.75) is 25.7 Å². The minimum absolute atomic E-state index is 0. The summed E-state index contributed by atoms with van der Waals surface area (Å²) in [7, 11) is 1.98. The van der Waals surface area contributed by atoms with Crippen molar-refractivity contribution in [1.29, 1.82) is 0 Å². The zero-order valence-corrected chi connectivity index (χ0v) is 15.4. The highest BCUT2D eigenvalue weighted by atomic mass is 35.5. The molecule has 1 aliphatic heterocycles. The van der Waals surface area contributed by atoms with Crippen LogP contribution >= 0.6 is 12.4 Å². The number of halogens is 1. The van der Waals surface area contributed by atoms with Crippen molar-refractivity contribution in [3.8, 4) is 0 Å². The fourth-order valence-electron chi connectivity index (χ4n) is 3.06. The SMILES string of the molecule is CNCCC1CCN(CCC(=O)Nc2ccccc2[N+](=O)[O-])CC1.Cl. The molecule has 1 aliphatic rings. The first-order chi connectivity index (χ1) is 11.6. The van der Waals surface area contributed by atoms with Gasteiger partial charge in [0.2, 0.25) is 5.91 Å². The van der Waals surface area contributed by atoms with Gasteiger partial charge in [0, 0.05) is 19.0 Å². The Morgan fingerprint density at radius 2 is 2.00 bits per heavy atom. The minimum atomic E-state index is -0.481. The van der Waals surface area contributed by atoms with Gasteiger partial charge in [0.25, 0.3) is 5.69 Å². The molecule has 2 rings (SSSR count). The van der Waals surface area contributed by atoms with E-state index in [0.29, 0.717) is 13.0 Å². The van der Waals surface area contributed by atoms with Crippen molar-refractivity contribution in [3.63, 3.8) is 0 Å². The Morgan fingerprint density at radius 1 is 1.32 bits per heavy atom. The van der Waals surface area contributed by atoms with Gasteiger partial charge < -0.3 is 15.5 Å². The highest BCUT2D eigenvalue weighted by Crippen LogP contribution is 2.23. The Hall–Kier alpha value is -1.70. The first-order valence-electron chi connectivity index (χ1n) is 8.50. The summed E-state index contributed by atoms with van der Waals surface area (Å²) in [5.41, 5.74) is 0.189. The van der Waals surface area contributed by atoms with Crippen LogP contribution in [0.4, 0.5) is 11.4 Å². The number of para-hydroxylation sites is 2. The number of carbonyl (C=O) groups is 1. The van der Waals surface area contributed by atoms with Crippen LogP contribution in [-0.4, -0.2) is 49.0 Å². The molecule has 0 unspecified atom stereocenters. The Bertz CT molecular complexity index is 563. The standard InChI is InChI=1S/C17H26N4O3.ClH/c1-18-10-6-14-7-11-20(12-8-14)13-9-17(22)19-15-4-2-3-5-16(15)21(23)24;/h2-5,14,18H,6-13H2,1H3,(H,19,22);1H. The number of anilines is 1. The topological polar surface area (TPSA) is 87.5 Å². The van der Waals surface area contributed by atoms with E-state index in [-0.39, 0.29) is 29.7 Å². The molecular weight excluding hydrogens is 344 g/mol. The van der Waals surface area contributed by atoms with Crippen LogP contribution in [0.5, 0.6) is 0 Å². The van der Waals surface area contributed by atoms with E-state index in [9.17, 15) is 14.9 Å². The first kappa shape index (κ1) is 21.3. The predicted octanol–water partition coefficient (Wildman–Crippen LogP) is 2.67. The Balaban J connectivity index is 0.00000312. The lowest BCUT2D eigenvalue weighted by atomic mass is 9.93. The molecule has 140 valence electrons. The third-order valence-electron chi connectivity index (χ3n) is 4.54. The summed E-state index contributed by atoms with van der Waals surface area (Å²) in [5, 5.41) is 16.8. The van der Waals surface area contributed by atoms with Gasteiger partial charge in [-0.05, 0) is 57.9 Å². The van der Waals surface area contributed by atoms with Gasteiger partial charge in [-0.25, -0.2) is 0 Å². The molecule has 1 saturated heterocycles. The van der Waals surface area contributed by atoms with Crippen molar-refractivity contribution in [2.75, 3.05) is 38.5 Å². The number of nitro benzene ring substituents is 1. The van der Waals surface area contributed by atoms with E-state index in [4.69, 9.17) is 0 Å². The summed E-state index contributed by atoms with van der Waals surface area (Å²) in [6.45, 7) is 3.80. The molecule has 1 heterocycles. The largest absolute Gasteiger partial charge is 0.320 e. The van der Waals surface area contributed by atoms with Gasteiger partial charge in [0.15, 0.2) is 0 Å². The second kappa shape index (κ2) is 11.0. The molecule has 0 saturated carbocycles. The molecule has 0 bridgehead atoms. The first-order valence-corrected chi connectivity index (χ1v) is 8.50. The molecule has 0 radical (unpaired) electrons. The maximum Gasteiger partial charge on any atom is 0.292 e. The van der Waals surface area contributed by atoms with E-state index in [1.54, 1.807) is 18.2 Å². The van der Waals surface area contributed by atoms with Gasteiger partial charge in [-0.3, -0.25) is 14.9 Å². The van der Waals surface area contributed by atoms with Gasteiger partial charge in [0.1, 0.15) is 5.69 Å². The molecule has 0 aliphatic carbocycles. The highest BCUT2D eigenvalue weighted by molar-refractivity contribution is 5.93. The summed E-state index contributed by atoms with van der Waals surface area (Å²) in [4.78, 5) is 24.8. The van der Waals surface area contributed by atoms with Crippen LogP contribution in [0.3, 0.4) is 0 Å². The molecule has 25 heavy (non-hydrogen) atoms. The monoisotopic (exact) mass is 370 g/mol. The van der Waals surface area contributed by atoms with Crippen LogP contribution in [0.15, 0.2) is 24.3 Å². The molecular formula is C17H27ClN4O3. The number of amides is 1. The van der Waals surface area contributed by atoms with Crippen LogP contribution in [0.25, 0.3) is 0 Å². The molecule has 1 fully saturated rings. The Morgan fingerprint density at radius 3 is 2.64 bits per heavy atom. The van der Waals surface area contributed by atoms with Crippen LogP contribution in [0.1, 0.15) is 25.7 Å². The second-order valence-electron chi connectivity index (χ2n) is 6.25. The number of likely N-dealkylation sites (tertiary alicyclic amines) is 1. The van der Waals surface area contributed by atoms with E-state index in [0.717, 1.165) is 25.6 Å². The van der Waals surface area contributed by atoms with Crippen molar-refractivity contribution in [3.05, 3.63) is 34.4 Å². The van der Waals surface area contributed by atoms with Gasteiger partial charge in [-0.15, -0.1) is 12.4 Å². The smallest absolute Gasteiger partial charge is 0.292 e. The second-order valence-corrected chi connectivity index (χ2v) is 6.25. The number of rotatable bonds is 8. The van der Waals surface area contributed by atoms with Gasteiger partial charge in [-0.1, -0.05) is 12.1 Å². The van der Waals surface area contributed by atoms with Gasteiger partial charge >= 0.3 is 0 Å². The van der Waals surface area contributed by atoms with Crippen molar-refractivity contribution >= 4 is 29.7 Å². The lowest BCUT2D eigenvalue weighted by molar-refractivity contribution is -0.383. The van der Waals surface area contributed by atoms with E-state index < -0.39 is 4.92 Å². The summed E-state index contributed by atoms with van der Waals surface area (Å²) in [5.74, 6) is 0.594. The fourth-order valence-corrected chi connectivity index (χ4v) is 3.06. The number of hydrogen-bond donors (Lipinski definition) is 2. The zero-order valence-electron chi connectivity index (χ0n) is 14.6. The van der Waals surface area contributed by atoms with E-state index >= 15 is 0 Å². The molecule has 1 aromatic carbocycles. The van der Waals surface area contributed by atoms with Crippen LogP contribution in [0, 0.1) is 16.0 Å².